The first-order valence-electron chi connectivity index (χ1n) is 5.64. The van der Waals surface area contributed by atoms with Crippen molar-refractivity contribution in [2.24, 2.45) is 0 Å². The molecule has 0 saturated carbocycles. The number of para-hydroxylation sites is 1. The third kappa shape index (κ3) is 2.88. The predicted octanol–water partition coefficient (Wildman–Crippen LogP) is 2.54. The molecule has 2 rings (SSSR count). The van der Waals surface area contributed by atoms with E-state index in [0.29, 0.717) is 6.54 Å². The summed E-state index contributed by atoms with van der Waals surface area (Å²) in [6.07, 6.45) is 2.05. The van der Waals surface area contributed by atoms with E-state index in [1.165, 1.54) is 10.9 Å². The molecule has 4 heteroatoms. The Morgan fingerprint density at radius 1 is 1.41 bits per heavy atom. The minimum Gasteiger partial charge on any atom is -0.353 e. The molecule has 1 unspecified atom stereocenters. The largest absolute Gasteiger partial charge is 0.353 e. The van der Waals surface area contributed by atoms with E-state index in [0.717, 1.165) is 6.54 Å². The number of alkyl halides is 1. The lowest BCUT2D eigenvalue weighted by Gasteiger charge is -2.08. The minimum atomic E-state index is -0.135. The molecule has 0 saturated heterocycles. The number of nitrogens with zero attached hydrogens (tertiary/aromatic N) is 1. The van der Waals surface area contributed by atoms with Crippen molar-refractivity contribution in [1.29, 1.82) is 0 Å². The lowest BCUT2D eigenvalue weighted by atomic mass is 10.2. The van der Waals surface area contributed by atoms with Gasteiger partial charge in [-0.15, -0.1) is 0 Å². The van der Waals surface area contributed by atoms with Gasteiger partial charge in [-0.05, 0) is 24.4 Å². The van der Waals surface area contributed by atoms with Crippen molar-refractivity contribution in [3.63, 3.8) is 0 Å². The third-order valence-electron chi connectivity index (χ3n) is 2.69. The maximum absolute atomic E-state index is 11.4. The molecule has 1 amide bonds. The van der Waals surface area contributed by atoms with Crippen molar-refractivity contribution in [3.8, 4) is 0 Å². The Morgan fingerprint density at radius 3 is 2.94 bits per heavy atom. The molecule has 0 fully saturated rings. The van der Waals surface area contributed by atoms with Crippen LogP contribution in [0.4, 0.5) is 0 Å². The predicted molar refractivity (Wildman–Crippen MR) is 73.3 cm³/mol. The number of hydrogen-bond donors (Lipinski definition) is 1. The second-order valence-electron chi connectivity index (χ2n) is 3.97. The molecule has 1 aromatic carbocycles. The molecule has 3 nitrogen and oxygen atoms in total. The van der Waals surface area contributed by atoms with E-state index in [1.807, 2.05) is 25.3 Å². The van der Waals surface area contributed by atoms with Gasteiger partial charge < -0.3 is 9.88 Å². The summed E-state index contributed by atoms with van der Waals surface area (Å²) in [7, 11) is 0. The number of rotatable bonds is 4. The summed E-state index contributed by atoms with van der Waals surface area (Å²) < 4.78 is 2.15. The van der Waals surface area contributed by atoms with Crippen LogP contribution < -0.4 is 5.32 Å². The molecule has 0 bridgehead atoms. The fourth-order valence-electron chi connectivity index (χ4n) is 1.78. The number of aromatic nitrogens is 1. The van der Waals surface area contributed by atoms with Gasteiger partial charge in [0.15, 0.2) is 0 Å². The third-order valence-corrected chi connectivity index (χ3v) is 3.11. The molecule has 0 aliphatic rings. The highest BCUT2D eigenvalue weighted by atomic mass is 79.9. The standard InChI is InChI=1S/C13H15BrN2O/c1-10(14)13(17)15-7-9-16-8-6-11-4-2-3-5-12(11)16/h2-6,8,10H,7,9H2,1H3,(H,15,17). The fraction of sp³-hybridized carbons (Fsp3) is 0.308. The van der Waals surface area contributed by atoms with Gasteiger partial charge in [-0.2, -0.15) is 0 Å². The SMILES string of the molecule is CC(Br)C(=O)NCCn1ccc2ccccc21. The lowest BCUT2D eigenvalue weighted by molar-refractivity contribution is -0.120. The van der Waals surface area contributed by atoms with Gasteiger partial charge in [0, 0.05) is 24.8 Å². The Hall–Kier alpha value is -1.29. The van der Waals surface area contributed by atoms with E-state index in [9.17, 15) is 4.79 Å². The summed E-state index contributed by atoms with van der Waals surface area (Å²) in [6.45, 7) is 3.26. The average Bonchev–Trinajstić information content (AvgIpc) is 2.72. The molecule has 0 aliphatic carbocycles. The van der Waals surface area contributed by atoms with Crippen LogP contribution in [0.5, 0.6) is 0 Å². The van der Waals surface area contributed by atoms with Gasteiger partial charge in [-0.3, -0.25) is 4.79 Å². The second-order valence-corrected chi connectivity index (χ2v) is 5.35. The van der Waals surface area contributed by atoms with Gasteiger partial charge in [-0.25, -0.2) is 0 Å². The second kappa shape index (κ2) is 5.36. The number of hydrogen-bond acceptors (Lipinski definition) is 1. The zero-order chi connectivity index (χ0) is 12.3. The first-order valence-corrected chi connectivity index (χ1v) is 6.55. The number of nitrogens with one attached hydrogen (secondary N) is 1. The highest BCUT2D eigenvalue weighted by Gasteiger charge is 2.07. The molecule has 0 radical (unpaired) electrons. The van der Waals surface area contributed by atoms with Crippen molar-refractivity contribution < 1.29 is 4.79 Å². The van der Waals surface area contributed by atoms with Gasteiger partial charge in [0.2, 0.25) is 5.91 Å². The number of carbonyl (C=O) groups excluding carboxylic acids is 1. The monoisotopic (exact) mass is 294 g/mol. The Bertz CT molecular complexity index is 519. The van der Waals surface area contributed by atoms with Crippen molar-refractivity contribution in [2.45, 2.75) is 18.3 Å². The summed E-state index contributed by atoms with van der Waals surface area (Å²) in [5.74, 6) is 0.0291. The molecule has 1 N–H and O–H groups in total. The highest BCUT2D eigenvalue weighted by Crippen LogP contribution is 2.14. The van der Waals surface area contributed by atoms with Crippen molar-refractivity contribution >= 4 is 32.7 Å². The van der Waals surface area contributed by atoms with E-state index in [-0.39, 0.29) is 10.7 Å². The van der Waals surface area contributed by atoms with Crippen LogP contribution in [0.1, 0.15) is 6.92 Å². The molecule has 17 heavy (non-hydrogen) atoms. The van der Waals surface area contributed by atoms with Crippen molar-refractivity contribution in [1.82, 2.24) is 9.88 Å². The molecule has 90 valence electrons. The van der Waals surface area contributed by atoms with Crippen molar-refractivity contribution in [2.75, 3.05) is 6.54 Å². The first kappa shape index (κ1) is 12.2. The van der Waals surface area contributed by atoms with Gasteiger partial charge in [-0.1, -0.05) is 34.1 Å². The number of amides is 1. The van der Waals surface area contributed by atoms with Crippen LogP contribution >= 0.6 is 15.9 Å². The van der Waals surface area contributed by atoms with E-state index in [4.69, 9.17) is 0 Å². The summed E-state index contributed by atoms with van der Waals surface area (Å²) >= 11 is 3.24. The molecule has 0 aliphatic heterocycles. The topological polar surface area (TPSA) is 34.0 Å². The van der Waals surface area contributed by atoms with E-state index in [1.54, 1.807) is 0 Å². The molecule has 0 spiro atoms. The lowest BCUT2D eigenvalue weighted by Crippen LogP contribution is -2.31. The maximum atomic E-state index is 11.4. The summed E-state index contributed by atoms with van der Waals surface area (Å²) in [6, 6.07) is 10.3. The zero-order valence-corrected chi connectivity index (χ0v) is 11.3. The van der Waals surface area contributed by atoms with Crippen LogP contribution in [-0.4, -0.2) is 21.8 Å². The molecular formula is C13H15BrN2O. The summed E-state index contributed by atoms with van der Waals surface area (Å²) in [5.41, 5.74) is 1.20. The van der Waals surface area contributed by atoms with Gasteiger partial charge in [0.25, 0.3) is 0 Å². The molecular weight excluding hydrogens is 280 g/mol. The molecule has 1 heterocycles. The smallest absolute Gasteiger partial charge is 0.233 e. The molecule has 1 aromatic heterocycles. The summed E-state index contributed by atoms with van der Waals surface area (Å²) in [5, 5.41) is 4.11. The summed E-state index contributed by atoms with van der Waals surface area (Å²) in [4.78, 5) is 11.2. The quantitative estimate of drug-likeness (QED) is 0.864. The van der Waals surface area contributed by atoms with Crippen LogP contribution in [0, 0.1) is 0 Å². The van der Waals surface area contributed by atoms with Gasteiger partial charge >= 0.3 is 0 Å². The zero-order valence-electron chi connectivity index (χ0n) is 9.69. The average molecular weight is 295 g/mol. The van der Waals surface area contributed by atoms with Gasteiger partial charge in [0.1, 0.15) is 0 Å². The Morgan fingerprint density at radius 2 is 2.18 bits per heavy atom. The number of benzene rings is 1. The molecule has 2 aromatic rings. The van der Waals surface area contributed by atoms with E-state index < -0.39 is 0 Å². The van der Waals surface area contributed by atoms with Crippen molar-refractivity contribution in [3.05, 3.63) is 36.5 Å². The number of fused-ring (bicyclic) bond motifs is 1. The van der Waals surface area contributed by atoms with E-state index >= 15 is 0 Å². The number of halogens is 1. The Balaban J connectivity index is 1.98. The van der Waals surface area contributed by atoms with Gasteiger partial charge in [0.05, 0.1) is 4.83 Å². The fourth-order valence-corrected chi connectivity index (χ4v) is 1.94. The van der Waals surface area contributed by atoms with Crippen LogP contribution in [0.2, 0.25) is 0 Å². The number of carbonyl (C=O) groups is 1. The normalized spacial score (nSPS) is 12.6. The Kier molecular flexibility index (Phi) is 3.84. The van der Waals surface area contributed by atoms with Crippen LogP contribution in [0.3, 0.4) is 0 Å². The Labute approximate surface area is 109 Å². The minimum absolute atomic E-state index is 0.0291. The first-order chi connectivity index (χ1) is 8.18. The van der Waals surface area contributed by atoms with Crippen LogP contribution in [-0.2, 0) is 11.3 Å². The molecule has 1 atom stereocenters. The highest BCUT2D eigenvalue weighted by molar-refractivity contribution is 9.10. The van der Waals surface area contributed by atoms with Crippen LogP contribution in [0.15, 0.2) is 36.5 Å². The van der Waals surface area contributed by atoms with Crippen LogP contribution in [0.25, 0.3) is 10.9 Å². The van der Waals surface area contributed by atoms with E-state index in [2.05, 4.69) is 44.0 Å². The maximum Gasteiger partial charge on any atom is 0.233 e.